The van der Waals surface area contributed by atoms with Gasteiger partial charge in [0.1, 0.15) is 5.60 Å². The Bertz CT molecular complexity index is 684. The zero-order valence-electron chi connectivity index (χ0n) is 15.8. The van der Waals surface area contributed by atoms with Gasteiger partial charge in [0.15, 0.2) is 18.1 Å². The number of rotatable bonds is 8. The van der Waals surface area contributed by atoms with Crippen LogP contribution in [0.15, 0.2) is 18.2 Å². The summed E-state index contributed by atoms with van der Waals surface area (Å²) in [6, 6.07) is 5.37. The average Bonchev–Trinajstić information content (AvgIpc) is 3.51. The van der Waals surface area contributed by atoms with Crippen molar-refractivity contribution in [2.45, 2.75) is 37.3 Å². The van der Waals surface area contributed by atoms with Gasteiger partial charge in [0.05, 0.1) is 7.11 Å². The van der Waals surface area contributed by atoms with E-state index < -0.39 is 5.60 Å². The van der Waals surface area contributed by atoms with Crippen molar-refractivity contribution in [3.05, 3.63) is 18.2 Å². The standard InChI is InChI=1S/C19H27N3O5/c1-25-15-6-5-14(11-16(15)27-12-17(23)21-13-3-4-13)22-18(24)19(26-2)7-9-20-10-8-19/h5-6,11,13,20H,3-4,7-10,12H2,1-2H3,(H,21,23)(H,22,24). The Morgan fingerprint density at radius 1 is 1.19 bits per heavy atom. The van der Waals surface area contributed by atoms with Gasteiger partial charge in [-0.25, -0.2) is 0 Å². The summed E-state index contributed by atoms with van der Waals surface area (Å²) in [5.41, 5.74) is -0.274. The molecule has 0 spiro atoms. The highest BCUT2D eigenvalue weighted by Crippen LogP contribution is 2.31. The molecule has 1 aliphatic heterocycles. The van der Waals surface area contributed by atoms with E-state index in [0.717, 1.165) is 25.9 Å². The van der Waals surface area contributed by atoms with Crippen LogP contribution in [0, 0.1) is 0 Å². The number of piperidine rings is 1. The number of ether oxygens (including phenoxy) is 3. The molecule has 1 saturated heterocycles. The monoisotopic (exact) mass is 377 g/mol. The fraction of sp³-hybridized carbons (Fsp3) is 0.579. The summed E-state index contributed by atoms with van der Waals surface area (Å²) in [5, 5.41) is 8.99. The molecule has 8 nitrogen and oxygen atoms in total. The zero-order chi connectivity index (χ0) is 19.3. The first kappa shape index (κ1) is 19.4. The number of hydrogen-bond donors (Lipinski definition) is 3. The lowest BCUT2D eigenvalue weighted by Gasteiger charge is -2.34. The summed E-state index contributed by atoms with van der Waals surface area (Å²) >= 11 is 0. The Balaban J connectivity index is 1.66. The van der Waals surface area contributed by atoms with E-state index in [1.807, 2.05) is 0 Å². The lowest BCUT2D eigenvalue weighted by Crippen LogP contribution is -2.51. The van der Waals surface area contributed by atoms with Crippen LogP contribution in [0.5, 0.6) is 11.5 Å². The number of carbonyl (C=O) groups is 2. The van der Waals surface area contributed by atoms with Crippen LogP contribution in [-0.4, -0.2) is 57.4 Å². The summed E-state index contributed by atoms with van der Waals surface area (Å²) in [6.45, 7) is 1.36. The number of carbonyl (C=O) groups excluding carboxylic acids is 2. The van der Waals surface area contributed by atoms with E-state index in [1.165, 1.54) is 7.11 Å². The summed E-state index contributed by atoms with van der Waals surface area (Å²) < 4.78 is 16.4. The SMILES string of the molecule is COc1ccc(NC(=O)C2(OC)CCNCC2)cc1OCC(=O)NC1CC1. The van der Waals surface area contributed by atoms with Gasteiger partial charge in [-0.3, -0.25) is 9.59 Å². The van der Waals surface area contributed by atoms with Crippen molar-refractivity contribution in [2.75, 3.05) is 39.2 Å². The molecule has 1 aromatic carbocycles. The number of benzene rings is 1. The summed E-state index contributed by atoms with van der Waals surface area (Å²) in [7, 11) is 3.09. The highest BCUT2D eigenvalue weighted by molar-refractivity contribution is 5.97. The molecule has 148 valence electrons. The van der Waals surface area contributed by atoms with Crippen molar-refractivity contribution >= 4 is 17.5 Å². The Labute approximate surface area is 158 Å². The largest absolute Gasteiger partial charge is 0.493 e. The molecular formula is C19H27N3O5. The fourth-order valence-electron chi connectivity index (χ4n) is 3.11. The van der Waals surface area contributed by atoms with Gasteiger partial charge in [-0.15, -0.1) is 0 Å². The van der Waals surface area contributed by atoms with Crippen LogP contribution in [0.4, 0.5) is 5.69 Å². The molecule has 0 aromatic heterocycles. The predicted molar refractivity (Wildman–Crippen MR) is 100 cm³/mol. The zero-order valence-corrected chi connectivity index (χ0v) is 15.8. The van der Waals surface area contributed by atoms with E-state index in [1.54, 1.807) is 25.3 Å². The van der Waals surface area contributed by atoms with E-state index in [4.69, 9.17) is 14.2 Å². The Hall–Kier alpha value is -2.32. The molecule has 0 atom stereocenters. The summed E-state index contributed by atoms with van der Waals surface area (Å²) in [4.78, 5) is 24.6. The number of nitrogens with one attached hydrogen (secondary N) is 3. The van der Waals surface area contributed by atoms with Crippen LogP contribution in [0.25, 0.3) is 0 Å². The molecule has 2 amide bonds. The van der Waals surface area contributed by atoms with Gasteiger partial charge in [-0.1, -0.05) is 0 Å². The summed E-state index contributed by atoms with van der Waals surface area (Å²) in [5.74, 6) is 0.546. The molecule has 1 aromatic rings. The molecular weight excluding hydrogens is 350 g/mol. The first-order valence-electron chi connectivity index (χ1n) is 9.24. The molecule has 3 rings (SSSR count). The maximum atomic E-state index is 12.8. The normalized spacial score (nSPS) is 18.4. The second kappa shape index (κ2) is 8.58. The molecule has 3 N–H and O–H groups in total. The molecule has 8 heteroatoms. The third-order valence-electron chi connectivity index (χ3n) is 4.94. The smallest absolute Gasteiger partial charge is 0.258 e. The van der Waals surface area contributed by atoms with Gasteiger partial charge in [0.25, 0.3) is 11.8 Å². The van der Waals surface area contributed by atoms with Crippen molar-refractivity contribution in [1.29, 1.82) is 0 Å². The van der Waals surface area contributed by atoms with Crippen molar-refractivity contribution in [3.63, 3.8) is 0 Å². The summed E-state index contributed by atoms with van der Waals surface area (Å²) in [6.07, 6.45) is 3.26. The highest BCUT2D eigenvalue weighted by Gasteiger charge is 2.39. The lowest BCUT2D eigenvalue weighted by atomic mass is 9.91. The first-order chi connectivity index (χ1) is 13.1. The minimum Gasteiger partial charge on any atom is -0.493 e. The molecule has 0 radical (unpaired) electrons. The van der Waals surface area contributed by atoms with Crippen LogP contribution in [0.3, 0.4) is 0 Å². The van der Waals surface area contributed by atoms with E-state index in [9.17, 15) is 9.59 Å². The van der Waals surface area contributed by atoms with Gasteiger partial charge in [0, 0.05) is 24.9 Å². The lowest BCUT2D eigenvalue weighted by molar-refractivity contribution is -0.140. The van der Waals surface area contributed by atoms with Gasteiger partial charge in [-0.2, -0.15) is 0 Å². The van der Waals surface area contributed by atoms with E-state index in [2.05, 4.69) is 16.0 Å². The van der Waals surface area contributed by atoms with Crippen molar-refractivity contribution in [2.24, 2.45) is 0 Å². The molecule has 0 unspecified atom stereocenters. The topological polar surface area (TPSA) is 97.9 Å². The maximum absolute atomic E-state index is 12.8. The number of amides is 2. The molecule has 1 saturated carbocycles. The number of methoxy groups -OCH3 is 2. The van der Waals surface area contributed by atoms with Gasteiger partial charge >= 0.3 is 0 Å². The van der Waals surface area contributed by atoms with E-state index >= 15 is 0 Å². The Morgan fingerprint density at radius 3 is 2.56 bits per heavy atom. The van der Waals surface area contributed by atoms with Crippen molar-refractivity contribution in [1.82, 2.24) is 10.6 Å². The second-order valence-corrected chi connectivity index (χ2v) is 6.90. The van der Waals surface area contributed by atoms with Crippen molar-refractivity contribution in [3.8, 4) is 11.5 Å². The molecule has 0 bridgehead atoms. The molecule has 27 heavy (non-hydrogen) atoms. The quantitative estimate of drug-likeness (QED) is 0.627. The minimum atomic E-state index is -0.837. The second-order valence-electron chi connectivity index (χ2n) is 6.90. The predicted octanol–water partition coefficient (Wildman–Crippen LogP) is 1.06. The average molecular weight is 377 g/mol. The molecule has 2 fully saturated rings. The Kier molecular flexibility index (Phi) is 6.18. The molecule has 1 heterocycles. The van der Waals surface area contributed by atoms with Gasteiger partial charge < -0.3 is 30.2 Å². The van der Waals surface area contributed by atoms with Crippen molar-refractivity contribution < 1.29 is 23.8 Å². The van der Waals surface area contributed by atoms with Gasteiger partial charge in [-0.05, 0) is 50.9 Å². The van der Waals surface area contributed by atoms with Gasteiger partial charge in [0.2, 0.25) is 0 Å². The first-order valence-corrected chi connectivity index (χ1v) is 9.24. The minimum absolute atomic E-state index is 0.0993. The van der Waals surface area contributed by atoms with E-state index in [0.29, 0.717) is 30.0 Å². The number of hydrogen-bond acceptors (Lipinski definition) is 6. The van der Waals surface area contributed by atoms with Crippen LogP contribution >= 0.6 is 0 Å². The molecule has 1 aliphatic carbocycles. The van der Waals surface area contributed by atoms with Crippen LogP contribution in [0.1, 0.15) is 25.7 Å². The molecule has 2 aliphatic rings. The maximum Gasteiger partial charge on any atom is 0.258 e. The third-order valence-corrected chi connectivity index (χ3v) is 4.94. The number of anilines is 1. The van der Waals surface area contributed by atoms with Crippen LogP contribution < -0.4 is 25.4 Å². The highest BCUT2D eigenvalue weighted by atomic mass is 16.5. The van der Waals surface area contributed by atoms with Crippen LogP contribution in [-0.2, 0) is 14.3 Å². The Morgan fingerprint density at radius 2 is 1.93 bits per heavy atom. The van der Waals surface area contributed by atoms with E-state index in [-0.39, 0.29) is 24.5 Å². The third kappa shape index (κ3) is 4.90. The fourth-order valence-corrected chi connectivity index (χ4v) is 3.11. The van der Waals surface area contributed by atoms with Crippen LogP contribution in [0.2, 0.25) is 0 Å².